The first kappa shape index (κ1) is 21.3. The molecule has 7 nitrogen and oxygen atoms in total. The molecule has 0 bridgehead atoms. The van der Waals surface area contributed by atoms with E-state index in [0.29, 0.717) is 37.3 Å². The van der Waals surface area contributed by atoms with Crippen LogP contribution in [0.2, 0.25) is 0 Å². The molecule has 1 N–H and O–H groups in total. The first-order valence-electron chi connectivity index (χ1n) is 11.9. The number of H-pyrrole nitrogens is 1. The van der Waals surface area contributed by atoms with Crippen LogP contribution in [0.15, 0.2) is 58.1 Å². The van der Waals surface area contributed by atoms with Crippen LogP contribution >= 0.6 is 0 Å². The van der Waals surface area contributed by atoms with E-state index in [2.05, 4.69) is 10.2 Å². The van der Waals surface area contributed by atoms with Crippen LogP contribution < -0.4 is 5.69 Å². The lowest BCUT2D eigenvalue weighted by Crippen LogP contribution is -2.30. The lowest BCUT2D eigenvalue weighted by Gasteiger charge is -2.25. The lowest BCUT2D eigenvalue weighted by atomic mass is 9.84. The van der Waals surface area contributed by atoms with E-state index in [1.165, 1.54) is 10.6 Å². The largest absolute Gasteiger partial charge is 0.469 e. The second kappa shape index (κ2) is 8.21. The highest BCUT2D eigenvalue weighted by Gasteiger charge is 2.37. The summed E-state index contributed by atoms with van der Waals surface area (Å²) in [5.74, 6) is 1.12. The molecule has 0 aromatic carbocycles. The molecule has 0 radical (unpaired) electrons. The van der Waals surface area contributed by atoms with Crippen molar-refractivity contribution in [3.05, 3.63) is 69.6 Å². The minimum absolute atomic E-state index is 0.00866. The third kappa shape index (κ3) is 3.76. The highest BCUT2D eigenvalue weighted by atomic mass is 19.1. The van der Waals surface area contributed by atoms with Gasteiger partial charge >= 0.3 is 5.69 Å². The van der Waals surface area contributed by atoms with Crippen molar-refractivity contribution in [1.29, 1.82) is 0 Å². The summed E-state index contributed by atoms with van der Waals surface area (Å²) < 4.78 is 37.2. The average molecular weight is 469 g/mol. The van der Waals surface area contributed by atoms with Gasteiger partial charge < -0.3 is 9.64 Å². The summed E-state index contributed by atoms with van der Waals surface area (Å²) in [5.41, 5.74) is 0.452. The number of aromatic nitrogens is 3. The Morgan fingerprint density at radius 3 is 2.91 bits per heavy atom. The summed E-state index contributed by atoms with van der Waals surface area (Å²) >= 11 is 0. The topological polar surface area (TPSA) is 80.2 Å². The number of amides is 1. The maximum Gasteiger partial charge on any atom is 0.347 e. The maximum atomic E-state index is 15.3. The van der Waals surface area contributed by atoms with Crippen LogP contribution in [-0.4, -0.2) is 44.8 Å². The zero-order valence-electron chi connectivity index (χ0n) is 18.7. The smallest absolute Gasteiger partial charge is 0.347 e. The van der Waals surface area contributed by atoms with Gasteiger partial charge in [0, 0.05) is 37.8 Å². The summed E-state index contributed by atoms with van der Waals surface area (Å²) in [6.07, 6.45) is 10.3. The monoisotopic (exact) mass is 468 g/mol. The second-order valence-corrected chi connectivity index (χ2v) is 9.78. The van der Waals surface area contributed by atoms with Crippen LogP contribution in [-0.2, 0) is 16.0 Å². The second-order valence-electron chi connectivity index (χ2n) is 9.78. The fourth-order valence-electron chi connectivity index (χ4n) is 5.40. The predicted octanol–water partition coefficient (Wildman–Crippen LogP) is 3.55. The average Bonchev–Trinajstić information content (AvgIpc) is 3.22. The lowest BCUT2D eigenvalue weighted by molar-refractivity contribution is -0.131. The molecular formula is C25H26F2N4O3. The van der Waals surface area contributed by atoms with Crippen LogP contribution in [0.1, 0.15) is 37.9 Å². The number of fused-ring (bicyclic) bond motifs is 1. The van der Waals surface area contributed by atoms with Crippen LogP contribution in [0.25, 0.3) is 5.70 Å². The quantitative estimate of drug-likeness (QED) is 0.717. The molecule has 3 unspecified atom stereocenters. The van der Waals surface area contributed by atoms with Crippen LogP contribution in [0.5, 0.6) is 0 Å². The molecule has 2 aliphatic heterocycles. The Morgan fingerprint density at radius 2 is 2.09 bits per heavy atom. The number of halogens is 2. The van der Waals surface area contributed by atoms with Crippen molar-refractivity contribution in [2.75, 3.05) is 13.1 Å². The van der Waals surface area contributed by atoms with Crippen LogP contribution in [0, 0.1) is 17.8 Å². The molecule has 3 aliphatic carbocycles. The summed E-state index contributed by atoms with van der Waals surface area (Å²) in [6, 6.07) is 0. The number of hydrogen-bond acceptors (Lipinski definition) is 4. The van der Waals surface area contributed by atoms with E-state index in [9.17, 15) is 9.59 Å². The molecule has 9 heteroatoms. The number of aromatic amines is 1. The minimum Gasteiger partial charge on any atom is -0.469 e. The molecule has 6 rings (SSSR count). The van der Waals surface area contributed by atoms with E-state index in [1.54, 1.807) is 18.4 Å². The van der Waals surface area contributed by atoms with Gasteiger partial charge in [0.25, 0.3) is 0 Å². The van der Waals surface area contributed by atoms with Gasteiger partial charge in [-0.1, -0.05) is 6.08 Å². The van der Waals surface area contributed by atoms with E-state index in [1.807, 2.05) is 11.0 Å². The molecule has 3 heterocycles. The molecule has 0 spiro atoms. The first-order valence-corrected chi connectivity index (χ1v) is 11.9. The number of carbonyl (C=O) groups is 1. The Bertz CT molecular complexity index is 1250. The van der Waals surface area contributed by atoms with Crippen molar-refractivity contribution in [2.24, 2.45) is 17.8 Å². The molecular weight excluding hydrogens is 442 g/mol. The van der Waals surface area contributed by atoms with Crippen molar-refractivity contribution in [3.8, 4) is 0 Å². The fourth-order valence-corrected chi connectivity index (χ4v) is 5.40. The Labute approximate surface area is 195 Å². The number of rotatable bonds is 5. The number of likely N-dealkylation sites (tertiary alicyclic amines) is 1. The number of allylic oxidation sites excluding steroid dienone is 8. The number of carbonyl (C=O) groups excluding carboxylic acids is 1. The van der Waals surface area contributed by atoms with Gasteiger partial charge in [-0.05, 0) is 61.0 Å². The normalized spacial score (nSPS) is 28.5. The number of nitrogens with one attached hydrogen (secondary N) is 1. The van der Waals surface area contributed by atoms with Crippen molar-refractivity contribution < 1.29 is 18.3 Å². The Morgan fingerprint density at radius 1 is 1.24 bits per heavy atom. The molecule has 1 amide bonds. The standard InChI is InChI=1S/C25H26F2N4O3/c26-19-12-21(20(27)11-18(19)16-3-4-22-17(10-16)6-8-34-22)31-23(28-29-25(31)33)9-14-5-7-30(13-14)24(32)15-1-2-15/h3-4,6,8,11,14-15,17,19H,1-2,5,7,9-10,12-13H2,(H,29,33). The number of hydrogen-bond donors (Lipinski definition) is 1. The first-order chi connectivity index (χ1) is 16.5. The highest BCUT2D eigenvalue weighted by Crippen LogP contribution is 2.40. The van der Waals surface area contributed by atoms with E-state index in [-0.39, 0.29) is 35.8 Å². The van der Waals surface area contributed by atoms with Crippen molar-refractivity contribution >= 4 is 11.6 Å². The molecule has 1 saturated carbocycles. The molecule has 5 aliphatic rings. The summed E-state index contributed by atoms with van der Waals surface area (Å²) in [5, 5.41) is 6.51. The van der Waals surface area contributed by atoms with Gasteiger partial charge in [-0.2, -0.15) is 5.10 Å². The van der Waals surface area contributed by atoms with Gasteiger partial charge in [0.2, 0.25) is 5.91 Å². The van der Waals surface area contributed by atoms with Crippen LogP contribution in [0.3, 0.4) is 0 Å². The third-order valence-corrected chi connectivity index (χ3v) is 7.41. The molecule has 1 aromatic rings. The van der Waals surface area contributed by atoms with Gasteiger partial charge in [-0.3, -0.25) is 4.79 Å². The number of alkyl halides is 1. The molecule has 3 atom stereocenters. The maximum absolute atomic E-state index is 15.3. The zero-order chi connectivity index (χ0) is 23.4. The molecule has 2 fully saturated rings. The third-order valence-electron chi connectivity index (χ3n) is 7.41. The molecule has 1 saturated heterocycles. The summed E-state index contributed by atoms with van der Waals surface area (Å²) in [6.45, 7) is 1.30. The number of nitrogens with zero attached hydrogens (tertiary/aromatic N) is 3. The molecule has 1 aromatic heterocycles. The number of ether oxygens (including phenoxy) is 1. The zero-order valence-corrected chi connectivity index (χ0v) is 18.7. The van der Waals surface area contributed by atoms with Crippen molar-refractivity contribution in [2.45, 2.75) is 44.7 Å². The minimum atomic E-state index is -1.44. The van der Waals surface area contributed by atoms with Gasteiger partial charge in [0.05, 0.1) is 12.0 Å². The van der Waals surface area contributed by atoms with Crippen LogP contribution in [0.4, 0.5) is 8.78 Å². The van der Waals surface area contributed by atoms with Crippen molar-refractivity contribution in [3.63, 3.8) is 0 Å². The molecule has 178 valence electrons. The SMILES string of the molecule is O=C(C1CC1)N1CCC(Cc2n[nH]c(=O)n2C2=C(F)C=C(C3=CC=C4OC=CC4C3)C(F)C2)C1. The Balaban J connectivity index is 1.23. The van der Waals surface area contributed by atoms with E-state index < -0.39 is 17.7 Å². The van der Waals surface area contributed by atoms with Gasteiger partial charge in [-0.25, -0.2) is 23.2 Å². The van der Waals surface area contributed by atoms with E-state index in [0.717, 1.165) is 30.6 Å². The van der Waals surface area contributed by atoms with E-state index in [4.69, 9.17) is 4.74 Å². The molecule has 34 heavy (non-hydrogen) atoms. The highest BCUT2D eigenvalue weighted by molar-refractivity contribution is 5.81. The fraction of sp³-hybridized carbons (Fsp3) is 0.480. The summed E-state index contributed by atoms with van der Waals surface area (Å²) in [4.78, 5) is 26.8. The summed E-state index contributed by atoms with van der Waals surface area (Å²) in [7, 11) is 0. The van der Waals surface area contributed by atoms with E-state index >= 15 is 8.78 Å². The predicted molar refractivity (Wildman–Crippen MR) is 120 cm³/mol. The van der Waals surface area contributed by atoms with Gasteiger partial charge in [-0.15, -0.1) is 0 Å². The van der Waals surface area contributed by atoms with Crippen molar-refractivity contribution in [1.82, 2.24) is 19.7 Å². The van der Waals surface area contributed by atoms with Gasteiger partial charge in [0.15, 0.2) is 0 Å². The van der Waals surface area contributed by atoms with Gasteiger partial charge in [0.1, 0.15) is 23.6 Å². The Hall–Kier alpha value is -3.23. The Kier molecular flexibility index (Phi) is 5.15.